The molecule has 2 nitrogen and oxygen atoms in total. The number of carbonyl (C=O) groups is 2. The maximum Gasteiger partial charge on any atom is 0.233 e. The van der Waals surface area contributed by atoms with Crippen LogP contribution in [0.2, 0.25) is 0 Å². The minimum absolute atomic E-state index is 0.317. The normalized spacial score (nSPS) is 11.2. The molecule has 0 fully saturated rings. The lowest BCUT2D eigenvalue weighted by atomic mass is 10.00. The number of rotatable bonds is 7. The summed E-state index contributed by atoms with van der Waals surface area (Å²) in [6.45, 7) is 18.6. The summed E-state index contributed by atoms with van der Waals surface area (Å²) in [7, 11) is 0. The molecule has 0 aromatic carbocycles. The molecule has 0 heterocycles. The zero-order chi connectivity index (χ0) is 18.0. The second-order valence-corrected chi connectivity index (χ2v) is 3.37. The summed E-state index contributed by atoms with van der Waals surface area (Å²) in [5.41, 5.74) is 0.633. The Morgan fingerprint density at radius 2 is 0.955 bits per heavy atom. The highest BCUT2D eigenvalue weighted by molar-refractivity contribution is 6.50. The number of allylic oxidation sites excluding steroid dienone is 10. The van der Waals surface area contributed by atoms with Gasteiger partial charge in [-0.3, -0.25) is 9.59 Å². The molecule has 0 radical (unpaired) electrons. The van der Waals surface area contributed by atoms with Gasteiger partial charge in [-0.05, 0) is 13.8 Å². The molecule has 0 saturated carbocycles. The Morgan fingerprint density at radius 1 is 0.682 bits per heavy atom. The maximum absolute atomic E-state index is 12.0. The van der Waals surface area contributed by atoms with Gasteiger partial charge in [0.15, 0.2) is 0 Å². The summed E-state index contributed by atoms with van der Waals surface area (Å²) in [5, 5.41) is 0. The van der Waals surface area contributed by atoms with Crippen LogP contribution in [-0.4, -0.2) is 11.6 Å². The number of hydrogen-bond donors (Lipinski definition) is 0. The summed E-state index contributed by atoms with van der Waals surface area (Å²) < 4.78 is 0. The van der Waals surface area contributed by atoms with Crippen molar-refractivity contribution >= 4 is 11.6 Å². The van der Waals surface area contributed by atoms with Gasteiger partial charge >= 0.3 is 0 Å². The fourth-order valence-electron chi connectivity index (χ4n) is 1.29. The minimum Gasteiger partial charge on any atom is -0.285 e. The van der Waals surface area contributed by atoms with E-state index in [1.54, 1.807) is 38.2 Å². The molecule has 0 aromatic heterocycles. The minimum atomic E-state index is -0.556. The van der Waals surface area contributed by atoms with Crippen LogP contribution in [0.25, 0.3) is 0 Å². The lowest BCUT2D eigenvalue weighted by Gasteiger charge is -2.01. The first-order valence-electron chi connectivity index (χ1n) is 7.62. The zero-order valence-corrected chi connectivity index (χ0v) is 14.8. The molecule has 22 heavy (non-hydrogen) atoms. The van der Waals surface area contributed by atoms with Crippen LogP contribution in [-0.2, 0) is 9.59 Å². The largest absolute Gasteiger partial charge is 0.285 e. The molecular weight excluding hydrogens is 272 g/mol. The van der Waals surface area contributed by atoms with Crippen LogP contribution in [0.3, 0.4) is 0 Å². The topological polar surface area (TPSA) is 34.1 Å². The van der Waals surface area contributed by atoms with Gasteiger partial charge in [0.25, 0.3) is 0 Å². The molecule has 0 aliphatic carbocycles. The van der Waals surface area contributed by atoms with E-state index in [1.165, 1.54) is 24.3 Å². The highest BCUT2D eigenvalue weighted by Crippen LogP contribution is 2.08. The molecular formula is C20H30O2. The van der Waals surface area contributed by atoms with Crippen LogP contribution >= 0.6 is 0 Å². The summed E-state index contributed by atoms with van der Waals surface area (Å²) >= 11 is 0. The molecule has 0 aliphatic heterocycles. The van der Waals surface area contributed by atoms with Gasteiger partial charge in [-0.1, -0.05) is 89.5 Å². The van der Waals surface area contributed by atoms with Gasteiger partial charge < -0.3 is 0 Å². The Kier molecular flexibility index (Phi) is 21.1. The second kappa shape index (κ2) is 18.8. The van der Waals surface area contributed by atoms with E-state index in [0.29, 0.717) is 11.1 Å². The number of hydrogen-bond acceptors (Lipinski definition) is 2. The molecule has 0 rings (SSSR count). The summed E-state index contributed by atoms with van der Waals surface area (Å²) in [6.07, 6.45) is 12.6. The average molecular weight is 302 g/mol. The molecule has 0 unspecified atom stereocenters. The molecule has 0 saturated heterocycles. The van der Waals surface area contributed by atoms with Gasteiger partial charge in [0.2, 0.25) is 11.6 Å². The van der Waals surface area contributed by atoms with E-state index in [4.69, 9.17) is 0 Å². The molecule has 0 aromatic rings. The van der Waals surface area contributed by atoms with Crippen LogP contribution in [0.15, 0.2) is 72.9 Å². The second-order valence-electron chi connectivity index (χ2n) is 3.37. The standard InChI is InChI=1S/C16H18O2.2C2H6/c1-5-9-13(10-6-2)15(17)16(18)14(11-7-3)12-8-4;2*1-2/h5-12H,1,3H2,2,4H3;2*1-2H3/b10-6-,12-8-,13-9+,14-11+;;. The first-order chi connectivity index (χ1) is 10.6. The molecule has 2 heteroatoms. The lowest BCUT2D eigenvalue weighted by molar-refractivity contribution is -0.131. The first kappa shape index (κ1) is 24.8. The molecule has 122 valence electrons. The van der Waals surface area contributed by atoms with E-state index in [2.05, 4.69) is 13.2 Å². The van der Waals surface area contributed by atoms with Crippen molar-refractivity contribution in [3.63, 3.8) is 0 Å². The Morgan fingerprint density at radius 3 is 1.14 bits per heavy atom. The van der Waals surface area contributed by atoms with Crippen molar-refractivity contribution in [2.75, 3.05) is 0 Å². The van der Waals surface area contributed by atoms with Crippen molar-refractivity contribution < 1.29 is 9.59 Å². The molecule has 0 aliphatic rings. The average Bonchev–Trinajstić information content (AvgIpc) is 2.57. The van der Waals surface area contributed by atoms with E-state index >= 15 is 0 Å². The van der Waals surface area contributed by atoms with Crippen LogP contribution in [0.4, 0.5) is 0 Å². The SMILES string of the molecule is C=C/C=C(\C=C/C)C(=O)C(=O)C(/C=C\C)=C/C=C.CC.CC. The van der Waals surface area contributed by atoms with Crippen LogP contribution in [0.5, 0.6) is 0 Å². The van der Waals surface area contributed by atoms with Gasteiger partial charge in [-0.2, -0.15) is 0 Å². The van der Waals surface area contributed by atoms with Crippen molar-refractivity contribution in [3.8, 4) is 0 Å². The molecule has 0 spiro atoms. The van der Waals surface area contributed by atoms with E-state index in [0.717, 1.165) is 0 Å². The van der Waals surface area contributed by atoms with E-state index in [-0.39, 0.29) is 0 Å². The van der Waals surface area contributed by atoms with Crippen molar-refractivity contribution in [2.45, 2.75) is 41.5 Å². The Labute approximate surface area is 136 Å². The molecule has 0 N–H and O–H groups in total. The lowest BCUT2D eigenvalue weighted by Crippen LogP contribution is -2.16. The van der Waals surface area contributed by atoms with Gasteiger partial charge in [-0.25, -0.2) is 0 Å². The quantitative estimate of drug-likeness (QED) is 0.351. The highest BCUT2D eigenvalue weighted by atomic mass is 16.2. The number of Topliss-reactive ketones (excluding diaryl/α,β-unsaturated/α-hetero) is 2. The Hall–Kier alpha value is -2.22. The number of carbonyl (C=O) groups excluding carboxylic acids is 2. The third-order valence-corrected chi connectivity index (χ3v) is 2.02. The van der Waals surface area contributed by atoms with E-state index in [1.807, 2.05) is 27.7 Å². The fraction of sp³-hybridized carbons (Fsp3) is 0.300. The summed E-state index contributed by atoms with van der Waals surface area (Å²) in [6, 6.07) is 0. The van der Waals surface area contributed by atoms with Crippen molar-refractivity contribution in [3.05, 3.63) is 72.9 Å². The fourth-order valence-corrected chi connectivity index (χ4v) is 1.29. The predicted octanol–water partition coefficient (Wildman–Crippen LogP) is 5.55. The third kappa shape index (κ3) is 10.6. The van der Waals surface area contributed by atoms with Crippen molar-refractivity contribution in [2.24, 2.45) is 0 Å². The number of ketones is 2. The molecule has 0 atom stereocenters. The summed E-state index contributed by atoms with van der Waals surface area (Å²) in [5.74, 6) is -1.11. The summed E-state index contributed by atoms with van der Waals surface area (Å²) in [4.78, 5) is 24.0. The van der Waals surface area contributed by atoms with Crippen molar-refractivity contribution in [1.29, 1.82) is 0 Å². The third-order valence-electron chi connectivity index (χ3n) is 2.02. The van der Waals surface area contributed by atoms with Crippen molar-refractivity contribution in [1.82, 2.24) is 0 Å². The van der Waals surface area contributed by atoms with Gasteiger partial charge in [0, 0.05) is 11.1 Å². The van der Waals surface area contributed by atoms with Crippen LogP contribution in [0, 0.1) is 0 Å². The Bertz CT molecular complexity index is 414. The highest BCUT2D eigenvalue weighted by Gasteiger charge is 2.18. The van der Waals surface area contributed by atoms with Crippen LogP contribution < -0.4 is 0 Å². The van der Waals surface area contributed by atoms with Gasteiger partial charge in [0.1, 0.15) is 0 Å². The van der Waals surface area contributed by atoms with E-state index in [9.17, 15) is 9.59 Å². The monoisotopic (exact) mass is 302 g/mol. The molecule has 0 bridgehead atoms. The predicted molar refractivity (Wildman–Crippen MR) is 98.9 cm³/mol. The van der Waals surface area contributed by atoms with Crippen LogP contribution in [0.1, 0.15) is 41.5 Å². The Balaban J connectivity index is -0.000000826. The maximum atomic E-state index is 12.0. The van der Waals surface area contributed by atoms with Gasteiger partial charge in [-0.15, -0.1) is 0 Å². The zero-order valence-electron chi connectivity index (χ0n) is 14.8. The smallest absolute Gasteiger partial charge is 0.233 e. The van der Waals surface area contributed by atoms with Gasteiger partial charge in [0.05, 0.1) is 0 Å². The molecule has 0 amide bonds. The first-order valence-corrected chi connectivity index (χ1v) is 7.62. The van der Waals surface area contributed by atoms with E-state index < -0.39 is 11.6 Å².